The van der Waals surface area contributed by atoms with E-state index >= 15 is 0 Å². The summed E-state index contributed by atoms with van der Waals surface area (Å²) in [6.07, 6.45) is 3.86. The molecule has 6 heteroatoms. The van der Waals surface area contributed by atoms with Crippen molar-refractivity contribution in [3.63, 3.8) is 0 Å². The van der Waals surface area contributed by atoms with Gasteiger partial charge in [-0.1, -0.05) is 0 Å². The van der Waals surface area contributed by atoms with Crippen LogP contribution in [0, 0.1) is 5.92 Å². The number of hydrogen-bond donors (Lipinski definition) is 1. The Morgan fingerprint density at radius 2 is 2.11 bits per heavy atom. The second-order valence-electron chi connectivity index (χ2n) is 5.56. The van der Waals surface area contributed by atoms with Gasteiger partial charge in [-0.2, -0.15) is 0 Å². The fourth-order valence-electron chi connectivity index (χ4n) is 2.45. The van der Waals surface area contributed by atoms with Crippen LogP contribution in [0.15, 0.2) is 0 Å². The average molecular weight is 314 g/mol. The zero-order valence-electron chi connectivity index (χ0n) is 12.3. The van der Waals surface area contributed by atoms with E-state index in [0.717, 1.165) is 19.5 Å². The first-order valence-corrected chi connectivity index (χ1v) is 6.67. The summed E-state index contributed by atoms with van der Waals surface area (Å²) in [6.45, 7) is 5.15. The third-order valence-corrected chi connectivity index (χ3v) is 3.49. The number of carbonyl (C=O) groups is 1. The molecule has 19 heavy (non-hydrogen) atoms. The van der Waals surface area contributed by atoms with Crippen molar-refractivity contribution in [3.05, 3.63) is 0 Å². The lowest BCUT2D eigenvalue weighted by molar-refractivity contribution is -0.130. The molecule has 0 radical (unpaired) electrons. The van der Waals surface area contributed by atoms with Crippen molar-refractivity contribution < 1.29 is 4.79 Å². The summed E-state index contributed by atoms with van der Waals surface area (Å²) in [5, 5.41) is 0. The molecule has 1 fully saturated rings. The van der Waals surface area contributed by atoms with E-state index in [2.05, 4.69) is 11.9 Å². The van der Waals surface area contributed by atoms with Gasteiger partial charge in [-0.05, 0) is 45.7 Å². The molecule has 1 rings (SSSR count). The smallest absolute Gasteiger partial charge is 0.222 e. The Labute approximate surface area is 129 Å². The molecule has 1 aliphatic heterocycles. The lowest BCUT2D eigenvalue weighted by atomic mass is 9.98. The standard InChI is InChI=1S/C13H27N3O.2ClH/c1-11(14)6-7-13(17)16(3)10-12-5-4-8-15(2)9-12;;/h11-12H,4-10,14H2,1-3H3;2*1H. The van der Waals surface area contributed by atoms with Gasteiger partial charge in [0.2, 0.25) is 5.91 Å². The average Bonchev–Trinajstić information content (AvgIpc) is 2.25. The van der Waals surface area contributed by atoms with Gasteiger partial charge in [0, 0.05) is 32.6 Å². The molecule has 2 unspecified atom stereocenters. The second-order valence-corrected chi connectivity index (χ2v) is 5.56. The van der Waals surface area contributed by atoms with Crippen molar-refractivity contribution in [3.8, 4) is 0 Å². The molecule has 2 N–H and O–H groups in total. The van der Waals surface area contributed by atoms with Crippen LogP contribution in [0.1, 0.15) is 32.6 Å². The van der Waals surface area contributed by atoms with Crippen molar-refractivity contribution in [2.24, 2.45) is 11.7 Å². The van der Waals surface area contributed by atoms with Crippen molar-refractivity contribution >= 4 is 30.7 Å². The molecule has 1 aliphatic rings. The summed E-state index contributed by atoms with van der Waals surface area (Å²) in [5.74, 6) is 0.869. The number of likely N-dealkylation sites (tertiary alicyclic amines) is 1. The topological polar surface area (TPSA) is 49.6 Å². The van der Waals surface area contributed by atoms with Gasteiger partial charge < -0.3 is 15.5 Å². The molecule has 0 aliphatic carbocycles. The van der Waals surface area contributed by atoms with Gasteiger partial charge in [0.15, 0.2) is 0 Å². The molecule has 116 valence electrons. The molecule has 0 saturated carbocycles. The fourth-order valence-corrected chi connectivity index (χ4v) is 2.45. The minimum atomic E-state index is 0. The maximum atomic E-state index is 11.9. The van der Waals surface area contributed by atoms with Crippen LogP contribution >= 0.6 is 24.8 Å². The molecular formula is C13H29Cl2N3O. The second kappa shape index (κ2) is 10.7. The Bertz CT molecular complexity index is 252. The van der Waals surface area contributed by atoms with E-state index in [4.69, 9.17) is 5.73 Å². The molecule has 0 bridgehead atoms. The Balaban J connectivity index is 0. The maximum Gasteiger partial charge on any atom is 0.222 e. The van der Waals surface area contributed by atoms with Crippen molar-refractivity contribution in [1.82, 2.24) is 9.80 Å². The van der Waals surface area contributed by atoms with E-state index in [0.29, 0.717) is 12.3 Å². The predicted octanol–water partition coefficient (Wildman–Crippen LogP) is 1.76. The number of carbonyl (C=O) groups excluding carboxylic acids is 1. The third-order valence-electron chi connectivity index (χ3n) is 3.49. The Morgan fingerprint density at radius 1 is 1.47 bits per heavy atom. The number of halogens is 2. The molecule has 1 saturated heterocycles. The fraction of sp³-hybridized carbons (Fsp3) is 0.923. The number of rotatable bonds is 5. The van der Waals surface area contributed by atoms with Crippen LogP contribution in [0.3, 0.4) is 0 Å². The lowest BCUT2D eigenvalue weighted by Gasteiger charge is -2.32. The summed E-state index contributed by atoms with van der Waals surface area (Å²) >= 11 is 0. The molecule has 0 aromatic carbocycles. The SMILES string of the molecule is CC(N)CCC(=O)N(C)CC1CCCN(C)C1.Cl.Cl. The molecule has 2 atom stereocenters. The van der Waals surface area contributed by atoms with Gasteiger partial charge in [-0.15, -0.1) is 24.8 Å². The first-order chi connectivity index (χ1) is 7.99. The van der Waals surface area contributed by atoms with Crippen LogP contribution < -0.4 is 5.73 Å². The van der Waals surface area contributed by atoms with Crippen LogP contribution in [0.4, 0.5) is 0 Å². The van der Waals surface area contributed by atoms with Crippen LogP contribution in [-0.2, 0) is 4.79 Å². The lowest BCUT2D eigenvalue weighted by Crippen LogP contribution is -2.40. The molecule has 4 nitrogen and oxygen atoms in total. The summed E-state index contributed by atoms with van der Waals surface area (Å²) in [5.41, 5.74) is 5.67. The number of hydrogen-bond acceptors (Lipinski definition) is 3. The summed E-state index contributed by atoms with van der Waals surface area (Å²) in [6, 6.07) is 0.119. The van der Waals surface area contributed by atoms with Gasteiger partial charge in [-0.25, -0.2) is 0 Å². The highest BCUT2D eigenvalue weighted by atomic mass is 35.5. The largest absolute Gasteiger partial charge is 0.345 e. The molecule has 0 spiro atoms. The number of nitrogens with two attached hydrogens (primary N) is 1. The van der Waals surface area contributed by atoms with Gasteiger partial charge >= 0.3 is 0 Å². The number of nitrogens with zero attached hydrogens (tertiary/aromatic N) is 2. The van der Waals surface area contributed by atoms with E-state index in [1.54, 1.807) is 0 Å². The molecular weight excluding hydrogens is 285 g/mol. The van der Waals surface area contributed by atoms with Gasteiger partial charge in [0.05, 0.1) is 0 Å². The maximum absolute atomic E-state index is 11.9. The van der Waals surface area contributed by atoms with Crippen LogP contribution in [0.2, 0.25) is 0 Å². The predicted molar refractivity (Wildman–Crippen MR) is 85.2 cm³/mol. The number of piperidine rings is 1. The zero-order chi connectivity index (χ0) is 12.8. The van der Waals surface area contributed by atoms with Crippen molar-refractivity contribution in [2.75, 3.05) is 33.7 Å². The van der Waals surface area contributed by atoms with Crippen molar-refractivity contribution in [2.45, 2.75) is 38.6 Å². The first kappa shape index (κ1) is 21.3. The summed E-state index contributed by atoms with van der Waals surface area (Å²) in [7, 11) is 4.07. The van der Waals surface area contributed by atoms with Crippen molar-refractivity contribution in [1.29, 1.82) is 0 Å². The summed E-state index contributed by atoms with van der Waals surface area (Å²) < 4.78 is 0. The zero-order valence-corrected chi connectivity index (χ0v) is 13.9. The van der Waals surface area contributed by atoms with Gasteiger partial charge in [-0.3, -0.25) is 4.79 Å². The molecule has 1 amide bonds. The Morgan fingerprint density at radius 3 is 2.63 bits per heavy atom. The van der Waals surface area contributed by atoms with E-state index in [1.165, 1.54) is 19.4 Å². The normalized spacial score (nSPS) is 20.9. The minimum Gasteiger partial charge on any atom is -0.345 e. The van der Waals surface area contributed by atoms with E-state index < -0.39 is 0 Å². The van der Waals surface area contributed by atoms with Crippen LogP contribution in [0.5, 0.6) is 0 Å². The Hall–Kier alpha value is -0.0300. The summed E-state index contributed by atoms with van der Waals surface area (Å²) in [4.78, 5) is 16.1. The third kappa shape index (κ3) is 8.69. The Kier molecular flexibility index (Phi) is 12.0. The van der Waals surface area contributed by atoms with Gasteiger partial charge in [0.1, 0.15) is 0 Å². The van der Waals surface area contributed by atoms with E-state index in [9.17, 15) is 4.79 Å². The van der Waals surface area contributed by atoms with Crippen LogP contribution in [0.25, 0.3) is 0 Å². The quantitative estimate of drug-likeness (QED) is 0.841. The van der Waals surface area contributed by atoms with Crippen LogP contribution in [-0.4, -0.2) is 55.5 Å². The first-order valence-electron chi connectivity index (χ1n) is 6.67. The molecule has 0 aromatic rings. The molecule has 1 heterocycles. The highest BCUT2D eigenvalue weighted by molar-refractivity contribution is 5.85. The molecule has 0 aromatic heterocycles. The minimum absolute atomic E-state index is 0. The van der Waals surface area contributed by atoms with E-state index in [1.807, 2.05) is 18.9 Å². The number of amides is 1. The highest BCUT2D eigenvalue weighted by Gasteiger charge is 2.20. The highest BCUT2D eigenvalue weighted by Crippen LogP contribution is 2.16. The monoisotopic (exact) mass is 313 g/mol. The van der Waals surface area contributed by atoms with E-state index in [-0.39, 0.29) is 36.8 Å². The van der Waals surface area contributed by atoms with Gasteiger partial charge in [0.25, 0.3) is 0 Å².